The van der Waals surface area contributed by atoms with Gasteiger partial charge in [-0.05, 0) is 50.0 Å². The Kier molecular flexibility index (Phi) is 7.56. The number of nitrogens with zero attached hydrogens (tertiary/aromatic N) is 1. The van der Waals surface area contributed by atoms with Crippen molar-refractivity contribution in [2.45, 2.75) is 33.1 Å². The third-order valence-corrected chi connectivity index (χ3v) is 6.74. The third-order valence-electron chi connectivity index (χ3n) is 6.74. The van der Waals surface area contributed by atoms with Gasteiger partial charge in [-0.1, -0.05) is 31.2 Å². The van der Waals surface area contributed by atoms with Gasteiger partial charge in [0.15, 0.2) is 0 Å². The van der Waals surface area contributed by atoms with Gasteiger partial charge in [-0.2, -0.15) is 0 Å². The minimum absolute atomic E-state index is 0.161. The number of aliphatic hydroxyl groups is 1. The number of para-hydroxylation sites is 1. The molecule has 0 fully saturated rings. The van der Waals surface area contributed by atoms with Crippen molar-refractivity contribution in [3.8, 4) is 0 Å². The van der Waals surface area contributed by atoms with E-state index in [1.807, 2.05) is 43.3 Å². The van der Waals surface area contributed by atoms with Crippen LogP contribution in [0.4, 0.5) is 0 Å². The van der Waals surface area contributed by atoms with Gasteiger partial charge in [-0.15, -0.1) is 0 Å². The van der Waals surface area contributed by atoms with Gasteiger partial charge >= 0.3 is 0 Å². The maximum atomic E-state index is 13.2. The Morgan fingerprint density at radius 1 is 1.14 bits per heavy atom. The number of hydrogen-bond donors (Lipinski definition) is 3. The van der Waals surface area contributed by atoms with Crippen LogP contribution < -0.4 is 5.32 Å². The summed E-state index contributed by atoms with van der Waals surface area (Å²) in [5.74, 6) is -0.374. The summed E-state index contributed by atoms with van der Waals surface area (Å²) in [5, 5.41) is 12.7. The molecule has 0 spiro atoms. The number of carbonyl (C=O) groups excluding carboxylic acids is 2. The van der Waals surface area contributed by atoms with Crippen molar-refractivity contribution in [3.05, 3.63) is 76.9 Å². The standard InChI is InChI=1S/C28H33N3O4/c1-4-31(14-7-8-15-32)24-13-9-10-19(35-3)16-21(24)18(2)25-26(28(34)30-27(25)33)22-17-29-23-12-6-5-11-20(22)23/h5-6,10-13,16-18,29,32H,4,7-9,14-15H2,1-3H3,(H,30,33,34). The van der Waals surface area contributed by atoms with E-state index in [4.69, 9.17) is 4.74 Å². The van der Waals surface area contributed by atoms with Crippen molar-refractivity contribution in [2.75, 3.05) is 26.8 Å². The molecule has 2 heterocycles. The SMILES string of the molecule is CCN(CCCCO)C1=CCC=C(OC)C=C1C(C)C1=C(c2c[nH]c3ccccc23)C(=O)NC1=O. The summed E-state index contributed by atoms with van der Waals surface area (Å²) in [5.41, 5.74) is 4.46. The number of aliphatic hydroxyl groups excluding tert-OH is 1. The zero-order valence-electron chi connectivity index (χ0n) is 20.6. The maximum absolute atomic E-state index is 13.2. The minimum atomic E-state index is -0.376. The third kappa shape index (κ3) is 4.82. The lowest BCUT2D eigenvalue weighted by Gasteiger charge is -2.30. The first-order valence-corrected chi connectivity index (χ1v) is 12.2. The van der Waals surface area contributed by atoms with Crippen LogP contribution in [0.3, 0.4) is 0 Å². The lowest BCUT2D eigenvalue weighted by atomic mass is 9.85. The van der Waals surface area contributed by atoms with Gasteiger partial charge < -0.3 is 19.7 Å². The number of benzene rings is 1. The molecule has 4 rings (SSSR count). The zero-order chi connectivity index (χ0) is 24.9. The first-order chi connectivity index (χ1) is 17.0. The fraction of sp³-hybridized carbons (Fsp3) is 0.357. The number of nitrogens with one attached hydrogen (secondary N) is 2. The van der Waals surface area contributed by atoms with Crippen LogP contribution in [0.1, 0.15) is 38.7 Å². The molecular weight excluding hydrogens is 442 g/mol. The molecule has 2 amide bonds. The first kappa shape index (κ1) is 24.5. The number of unbranched alkanes of at least 4 members (excludes halogenated alkanes) is 1. The molecule has 0 radical (unpaired) electrons. The number of allylic oxidation sites excluding steroid dienone is 4. The normalized spacial score (nSPS) is 17.1. The number of imide groups is 1. The quantitative estimate of drug-likeness (QED) is 0.356. The van der Waals surface area contributed by atoms with Crippen LogP contribution in [0.25, 0.3) is 16.5 Å². The second-order valence-corrected chi connectivity index (χ2v) is 8.79. The first-order valence-electron chi connectivity index (χ1n) is 12.2. The Morgan fingerprint density at radius 2 is 1.94 bits per heavy atom. The number of H-pyrrole nitrogens is 1. The van der Waals surface area contributed by atoms with Crippen molar-refractivity contribution in [1.29, 1.82) is 0 Å². The summed E-state index contributed by atoms with van der Waals surface area (Å²) >= 11 is 0. The molecule has 35 heavy (non-hydrogen) atoms. The molecule has 0 bridgehead atoms. The molecule has 1 unspecified atom stereocenters. The molecule has 7 nitrogen and oxygen atoms in total. The second kappa shape index (κ2) is 10.8. The Hall–Kier alpha value is -3.58. The van der Waals surface area contributed by atoms with E-state index in [9.17, 15) is 14.7 Å². The molecule has 1 atom stereocenters. The van der Waals surface area contributed by atoms with E-state index in [-0.39, 0.29) is 24.3 Å². The highest BCUT2D eigenvalue weighted by Crippen LogP contribution is 2.39. The summed E-state index contributed by atoms with van der Waals surface area (Å²) in [6.45, 7) is 5.80. The molecule has 2 aliphatic rings. The van der Waals surface area contributed by atoms with Crippen LogP contribution in [0, 0.1) is 5.92 Å². The largest absolute Gasteiger partial charge is 0.497 e. The fourth-order valence-electron chi connectivity index (χ4n) is 4.94. The molecule has 0 saturated carbocycles. The molecule has 3 N–H and O–H groups in total. The summed E-state index contributed by atoms with van der Waals surface area (Å²) in [6, 6.07) is 7.76. The van der Waals surface area contributed by atoms with Gasteiger partial charge in [-0.3, -0.25) is 14.9 Å². The average molecular weight is 476 g/mol. The van der Waals surface area contributed by atoms with Crippen molar-refractivity contribution in [2.24, 2.45) is 5.92 Å². The fourth-order valence-corrected chi connectivity index (χ4v) is 4.94. The average Bonchev–Trinajstić information content (AvgIpc) is 3.32. The number of ether oxygens (including phenoxy) is 1. The Labute approximate surface area is 205 Å². The lowest BCUT2D eigenvalue weighted by Crippen LogP contribution is -2.29. The van der Waals surface area contributed by atoms with Gasteiger partial charge in [0.2, 0.25) is 0 Å². The minimum Gasteiger partial charge on any atom is -0.497 e. The van der Waals surface area contributed by atoms with Gasteiger partial charge in [0.25, 0.3) is 11.8 Å². The maximum Gasteiger partial charge on any atom is 0.259 e. The molecule has 184 valence electrons. The zero-order valence-corrected chi connectivity index (χ0v) is 20.6. The Morgan fingerprint density at radius 3 is 2.69 bits per heavy atom. The van der Waals surface area contributed by atoms with Crippen LogP contribution in [-0.4, -0.2) is 53.6 Å². The molecule has 1 aliphatic carbocycles. The Balaban J connectivity index is 1.82. The van der Waals surface area contributed by atoms with E-state index >= 15 is 0 Å². The number of methoxy groups -OCH3 is 1. The highest BCUT2D eigenvalue weighted by molar-refractivity contribution is 6.37. The Bertz CT molecular complexity index is 1250. The molecule has 1 aromatic carbocycles. The number of hydrogen-bond acceptors (Lipinski definition) is 5. The van der Waals surface area contributed by atoms with Crippen molar-refractivity contribution < 1.29 is 19.4 Å². The molecule has 0 saturated heterocycles. The lowest BCUT2D eigenvalue weighted by molar-refractivity contribution is -0.123. The van der Waals surface area contributed by atoms with Gasteiger partial charge in [0.05, 0.1) is 12.7 Å². The number of rotatable bonds is 10. The van der Waals surface area contributed by atoms with Crippen LogP contribution in [-0.2, 0) is 14.3 Å². The number of carbonyl (C=O) groups is 2. The molecular formula is C28H33N3O4. The van der Waals surface area contributed by atoms with E-state index in [1.165, 1.54) is 0 Å². The summed E-state index contributed by atoms with van der Waals surface area (Å²) < 4.78 is 5.59. The van der Waals surface area contributed by atoms with Crippen LogP contribution >= 0.6 is 0 Å². The predicted molar refractivity (Wildman–Crippen MR) is 137 cm³/mol. The molecule has 1 aromatic heterocycles. The van der Waals surface area contributed by atoms with Gasteiger partial charge in [0, 0.05) is 59.5 Å². The molecule has 2 aromatic rings. The smallest absolute Gasteiger partial charge is 0.259 e. The number of aromatic amines is 1. The number of amides is 2. The summed E-state index contributed by atoms with van der Waals surface area (Å²) in [4.78, 5) is 31.7. The highest BCUT2D eigenvalue weighted by atomic mass is 16.5. The van der Waals surface area contributed by atoms with Gasteiger partial charge in [0.1, 0.15) is 5.76 Å². The van der Waals surface area contributed by atoms with Crippen LogP contribution in [0.2, 0.25) is 0 Å². The topological polar surface area (TPSA) is 94.7 Å². The molecule has 7 heteroatoms. The van der Waals surface area contributed by atoms with Crippen molar-refractivity contribution >= 4 is 28.3 Å². The molecule has 1 aliphatic heterocycles. The van der Waals surface area contributed by atoms with E-state index in [2.05, 4.69) is 28.2 Å². The number of likely N-dealkylation sites (N-methyl/N-ethyl adjacent to an activating group) is 1. The van der Waals surface area contributed by atoms with Crippen molar-refractivity contribution in [3.63, 3.8) is 0 Å². The van der Waals surface area contributed by atoms with Crippen LogP contribution in [0.5, 0.6) is 0 Å². The number of fused-ring (bicyclic) bond motifs is 1. The summed E-state index contributed by atoms with van der Waals surface area (Å²) in [7, 11) is 1.64. The predicted octanol–water partition coefficient (Wildman–Crippen LogP) is 4.05. The van der Waals surface area contributed by atoms with Crippen LogP contribution in [0.15, 0.2) is 71.3 Å². The van der Waals surface area contributed by atoms with Crippen molar-refractivity contribution in [1.82, 2.24) is 15.2 Å². The van der Waals surface area contributed by atoms with E-state index in [1.54, 1.807) is 13.3 Å². The van der Waals surface area contributed by atoms with E-state index < -0.39 is 0 Å². The van der Waals surface area contributed by atoms with Gasteiger partial charge in [-0.25, -0.2) is 0 Å². The van der Waals surface area contributed by atoms with E-state index in [0.717, 1.165) is 59.4 Å². The number of aromatic nitrogens is 1. The van der Waals surface area contributed by atoms with E-state index in [0.29, 0.717) is 17.6 Å². The monoisotopic (exact) mass is 475 g/mol. The second-order valence-electron chi connectivity index (χ2n) is 8.79. The highest BCUT2D eigenvalue weighted by Gasteiger charge is 2.37. The summed E-state index contributed by atoms with van der Waals surface area (Å²) in [6.07, 6.45) is 10.2.